The van der Waals surface area contributed by atoms with Crippen molar-refractivity contribution in [1.82, 2.24) is 9.55 Å². The summed E-state index contributed by atoms with van der Waals surface area (Å²) in [5.41, 5.74) is 2.16. The summed E-state index contributed by atoms with van der Waals surface area (Å²) in [5.74, 6) is -0.371. The second-order valence-corrected chi connectivity index (χ2v) is 3.91. The number of hydrogen-bond donors (Lipinski definition) is 0. The molecule has 0 fully saturated rings. The van der Waals surface area contributed by atoms with E-state index < -0.39 is 0 Å². The van der Waals surface area contributed by atoms with Gasteiger partial charge in [0.05, 0.1) is 6.33 Å². The lowest BCUT2D eigenvalue weighted by Gasteiger charge is -2.01. The highest BCUT2D eigenvalue weighted by molar-refractivity contribution is 5.86. The van der Waals surface area contributed by atoms with E-state index in [4.69, 9.17) is 4.74 Å². The number of carbonyl (C=O) groups is 1. The van der Waals surface area contributed by atoms with Crippen LogP contribution in [0.25, 0.3) is 6.08 Å². The van der Waals surface area contributed by atoms with Gasteiger partial charge in [-0.25, -0.2) is 9.78 Å². The van der Waals surface area contributed by atoms with E-state index in [1.807, 2.05) is 31.2 Å². The monoisotopic (exact) mass is 242 g/mol. The predicted molar refractivity (Wildman–Crippen MR) is 68.5 cm³/mol. The van der Waals surface area contributed by atoms with E-state index in [9.17, 15) is 4.79 Å². The molecular weight excluding hydrogens is 228 g/mol. The maximum atomic E-state index is 11.4. The maximum absolute atomic E-state index is 11.4. The molecule has 4 nitrogen and oxygen atoms in total. The van der Waals surface area contributed by atoms with Crippen LogP contribution >= 0.6 is 0 Å². The summed E-state index contributed by atoms with van der Waals surface area (Å²) < 4.78 is 6.71. The zero-order valence-corrected chi connectivity index (χ0v) is 10.1. The third-order valence-corrected chi connectivity index (χ3v) is 2.40. The zero-order chi connectivity index (χ0) is 12.8. The average molecular weight is 242 g/mol. The SMILES string of the molecule is Cc1ccc(/C=C/C(=O)OCn2ccnc2)cc1. The molecule has 92 valence electrons. The predicted octanol–water partition coefficient (Wildman–Crippen LogP) is 2.41. The number of aryl methyl sites for hydroxylation is 1. The van der Waals surface area contributed by atoms with Crippen LogP contribution in [0, 0.1) is 6.92 Å². The maximum Gasteiger partial charge on any atom is 0.332 e. The second-order valence-electron chi connectivity index (χ2n) is 3.91. The molecule has 0 N–H and O–H groups in total. The Labute approximate surface area is 106 Å². The Morgan fingerprint density at radius 3 is 2.83 bits per heavy atom. The molecular formula is C14H14N2O2. The first-order valence-corrected chi connectivity index (χ1v) is 5.61. The van der Waals surface area contributed by atoms with Crippen LogP contribution in [0.1, 0.15) is 11.1 Å². The van der Waals surface area contributed by atoms with Gasteiger partial charge in [0.2, 0.25) is 0 Å². The molecule has 0 radical (unpaired) electrons. The first kappa shape index (κ1) is 12.1. The van der Waals surface area contributed by atoms with Gasteiger partial charge in [-0.15, -0.1) is 0 Å². The van der Waals surface area contributed by atoms with Crippen LogP contribution in [0.5, 0.6) is 0 Å². The summed E-state index contributed by atoms with van der Waals surface area (Å²) in [4.78, 5) is 15.3. The molecule has 0 saturated carbocycles. The van der Waals surface area contributed by atoms with Crippen molar-refractivity contribution < 1.29 is 9.53 Å². The highest BCUT2D eigenvalue weighted by Gasteiger charge is 1.97. The largest absolute Gasteiger partial charge is 0.441 e. The number of rotatable bonds is 4. The fourth-order valence-corrected chi connectivity index (χ4v) is 1.39. The second kappa shape index (κ2) is 5.82. The van der Waals surface area contributed by atoms with Gasteiger partial charge in [0.25, 0.3) is 0 Å². The molecule has 0 aliphatic heterocycles. The molecule has 0 bridgehead atoms. The van der Waals surface area contributed by atoms with Crippen molar-refractivity contribution in [2.75, 3.05) is 0 Å². The number of esters is 1. The van der Waals surface area contributed by atoms with E-state index in [2.05, 4.69) is 4.98 Å². The minimum atomic E-state index is -0.371. The fraction of sp³-hybridized carbons (Fsp3) is 0.143. The number of benzene rings is 1. The van der Waals surface area contributed by atoms with Crippen molar-refractivity contribution in [3.05, 3.63) is 60.2 Å². The van der Waals surface area contributed by atoms with Gasteiger partial charge in [0, 0.05) is 18.5 Å². The molecule has 0 aliphatic carbocycles. The first-order chi connectivity index (χ1) is 8.74. The van der Waals surface area contributed by atoms with Gasteiger partial charge in [-0.1, -0.05) is 29.8 Å². The summed E-state index contributed by atoms with van der Waals surface area (Å²) in [6, 6.07) is 7.90. The summed E-state index contributed by atoms with van der Waals surface area (Å²) in [7, 11) is 0. The summed E-state index contributed by atoms with van der Waals surface area (Å²) in [6.45, 7) is 2.20. The Bertz CT molecular complexity index is 527. The van der Waals surface area contributed by atoms with Crippen molar-refractivity contribution in [3.8, 4) is 0 Å². The average Bonchev–Trinajstić information content (AvgIpc) is 2.89. The lowest BCUT2D eigenvalue weighted by Crippen LogP contribution is -2.05. The molecule has 0 aliphatic rings. The van der Waals surface area contributed by atoms with Crippen LogP contribution in [0.3, 0.4) is 0 Å². The number of carbonyl (C=O) groups excluding carboxylic acids is 1. The molecule has 1 aromatic heterocycles. The van der Waals surface area contributed by atoms with Crippen molar-refractivity contribution >= 4 is 12.0 Å². The molecule has 0 spiro atoms. The van der Waals surface area contributed by atoms with E-state index in [0.717, 1.165) is 5.56 Å². The van der Waals surface area contributed by atoms with E-state index >= 15 is 0 Å². The van der Waals surface area contributed by atoms with E-state index in [-0.39, 0.29) is 12.7 Å². The van der Waals surface area contributed by atoms with Crippen LogP contribution in [-0.2, 0) is 16.3 Å². The molecule has 4 heteroatoms. The van der Waals surface area contributed by atoms with Gasteiger partial charge < -0.3 is 9.30 Å². The summed E-state index contributed by atoms with van der Waals surface area (Å²) >= 11 is 0. The van der Waals surface area contributed by atoms with Crippen LogP contribution in [0.2, 0.25) is 0 Å². The highest BCUT2D eigenvalue weighted by atomic mass is 16.5. The highest BCUT2D eigenvalue weighted by Crippen LogP contribution is 2.05. The molecule has 18 heavy (non-hydrogen) atoms. The lowest BCUT2D eigenvalue weighted by atomic mass is 10.1. The zero-order valence-electron chi connectivity index (χ0n) is 10.1. The standard InChI is InChI=1S/C14H14N2O2/c1-12-2-4-13(5-3-12)6-7-14(17)18-11-16-9-8-15-10-16/h2-10H,11H2,1H3/b7-6+. The van der Waals surface area contributed by atoms with E-state index in [1.165, 1.54) is 11.6 Å². The number of aromatic nitrogens is 2. The van der Waals surface area contributed by atoms with Crippen LogP contribution < -0.4 is 0 Å². The number of nitrogens with zero attached hydrogens (tertiary/aromatic N) is 2. The molecule has 0 amide bonds. The Morgan fingerprint density at radius 1 is 1.39 bits per heavy atom. The molecule has 0 unspecified atom stereocenters. The van der Waals surface area contributed by atoms with E-state index in [1.54, 1.807) is 29.4 Å². The van der Waals surface area contributed by atoms with Crippen LogP contribution in [0.4, 0.5) is 0 Å². The first-order valence-electron chi connectivity index (χ1n) is 5.61. The molecule has 1 aromatic carbocycles. The van der Waals surface area contributed by atoms with Crippen LogP contribution in [0.15, 0.2) is 49.1 Å². The minimum absolute atomic E-state index is 0.178. The van der Waals surface area contributed by atoms with Crippen LogP contribution in [-0.4, -0.2) is 15.5 Å². The Kier molecular flexibility index (Phi) is 3.91. The normalized spacial score (nSPS) is 10.7. The Balaban J connectivity index is 1.85. The van der Waals surface area contributed by atoms with Gasteiger partial charge in [-0.3, -0.25) is 0 Å². The molecule has 2 aromatic rings. The third-order valence-electron chi connectivity index (χ3n) is 2.40. The van der Waals surface area contributed by atoms with Crippen molar-refractivity contribution in [3.63, 3.8) is 0 Å². The number of ether oxygens (including phenoxy) is 1. The Hall–Kier alpha value is -2.36. The third kappa shape index (κ3) is 3.59. The topological polar surface area (TPSA) is 44.1 Å². The molecule has 0 atom stereocenters. The van der Waals surface area contributed by atoms with Crippen molar-refractivity contribution in [2.24, 2.45) is 0 Å². The molecule has 1 heterocycles. The quantitative estimate of drug-likeness (QED) is 0.611. The smallest absolute Gasteiger partial charge is 0.332 e. The molecule has 2 rings (SSSR count). The van der Waals surface area contributed by atoms with Crippen molar-refractivity contribution in [2.45, 2.75) is 13.7 Å². The summed E-state index contributed by atoms with van der Waals surface area (Å²) in [6.07, 6.45) is 8.11. The lowest BCUT2D eigenvalue weighted by molar-refractivity contribution is -0.141. The number of hydrogen-bond acceptors (Lipinski definition) is 3. The minimum Gasteiger partial charge on any atom is -0.441 e. The van der Waals surface area contributed by atoms with E-state index in [0.29, 0.717) is 0 Å². The Morgan fingerprint density at radius 2 is 2.17 bits per heavy atom. The van der Waals surface area contributed by atoms with Gasteiger partial charge >= 0.3 is 5.97 Å². The molecule has 0 saturated heterocycles. The van der Waals surface area contributed by atoms with Gasteiger partial charge in [0.1, 0.15) is 0 Å². The van der Waals surface area contributed by atoms with Gasteiger partial charge in [0.15, 0.2) is 6.73 Å². The van der Waals surface area contributed by atoms with Crippen molar-refractivity contribution in [1.29, 1.82) is 0 Å². The van der Waals surface area contributed by atoms with Gasteiger partial charge in [-0.2, -0.15) is 0 Å². The summed E-state index contributed by atoms with van der Waals surface area (Å²) in [5, 5.41) is 0. The van der Waals surface area contributed by atoms with Gasteiger partial charge in [-0.05, 0) is 18.6 Å². The fourth-order valence-electron chi connectivity index (χ4n) is 1.39. The number of imidazole rings is 1.